The molecule has 0 aliphatic heterocycles. The van der Waals surface area contributed by atoms with Crippen LogP contribution in [0.25, 0.3) is 0 Å². The van der Waals surface area contributed by atoms with Crippen molar-refractivity contribution in [2.45, 2.75) is 32.6 Å². The first-order valence-electron chi connectivity index (χ1n) is 4.39. The van der Waals surface area contributed by atoms with Crippen molar-refractivity contribution in [3.63, 3.8) is 0 Å². The van der Waals surface area contributed by atoms with Gasteiger partial charge in [0.05, 0.1) is 8.07 Å². The molecule has 1 aromatic rings. The fraction of sp³-hybridized carbons (Fsp3) is 0.500. The Bertz CT molecular complexity index is 263. The third kappa shape index (κ3) is 3.18. The highest BCUT2D eigenvalue weighted by Crippen LogP contribution is 2.10. The Balaban J connectivity index is 2.77. The van der Waals surface area contributed by atoms with E-state index < -0.39 is 8.07 Å². The summed E-state index contributed by atoms with van der Waals surface area (Å²) in [5, 5.41) is 0. The van der Waals surface area contributed by atoms with Gasteiger partial charge < -0.3 is 0 Å². The lowest BCUT2D eigenvalue weighted by Gasteiger charge is -2.14. The summed E-state index contributed by atoms with van der Waals surface area (Å²) in [5.41, 5.74) is 2.58. The van der Waals surface area contributed by atoms with Crippen LogP contribution in [0, 0.1) is 6.92 Å². The Morgan fingerprint density at radius 2 is 2.00 bits per heavy atom. The topological polar surface area (TPSA) is 12.9 Å². The van der Waals surface area contributed by atoms with E-state index in [2.05, 4.69) is 37.6 Å². The third-order valence-corrected chi connectivity index (χ3v) is 3.11. The summed E-state index contributed by atoms with van der Waals surface area (Å²) in [6.07, 6.45) is 1.91. The van der Waals surface area contributed by atoms with Gasteiger partial charge in [-0.25, -0.2) is 0 Å². The zero-order valence-corrected chi connectivity index (χ0v) is 9.39. The average molecular weight is 179 g/mol. The molecule has 0 N–H and O–H groups in total. The van der Waals surface area contributed by atoms with Crippen molar-refractivity contribution in [1.82, 2.24) is 4.98 Å². The van der Waals surface area contributed by atoms with E-state index in [1.165, 1.54) is 17.3 Å². The second-order valence-corrected chi connectivity index (χ2v) is 10.0. The van der Waals surface area contributed by atoms with Gasteiger partial charge in [-0.1, -0.05) is 19.6 Å². The average Bonchev–Trinajstić information content (AvgIpc) is 1.82. The van der Waals surface area contributed by atoms with Gasteiger partial charge in [0.25, 0.3) is 0 Å². The Kier molecular flexibility index (Phi) is 2.68. The van der Waals surface area contributed by atoms with Crippen molar-refractivity contribution in [3.05, 3.63) is 29.6 Å². The lowest BCUT2D eigenvalue weighted by atomic mass is 10.3. The molecule has 0 fully saturated rings. The summed E-state index contributed by atoms with van der Waals surface area (Å²) in [5.74, 6) is 0. The number of nitrogens with zero attached hydrogens (tertiary/aromatic N) is 1. The first kappa shape index (κ1) is 9.45. The van der Waals surface area contributed by atoms with E-state index in [4.69, 9.17) is 0 Å². The molecule has 2 heteroatoms. The van der Waals surface area contributed by atoms with E-state index in [1.807, 2.05) is 12.3 Å². The summed E-state index contributed by atoms with van der Waals surface area (Å²) in [6, 6.07) is 5.43. The molecule has 0 atom stereocenters. The molecule has 1 heterocycles. The second kappa shape index (κ2) is 3.40. The van der Waals surface area contributed by atoms with E-state index in [1.54, 1.807) is 0 Å². The van der Waals surface area contributed by atoms with Crippen LogP contribution in [0.15, 0.2) is 18.3 Å². The van der Waals surface area contributed by atoms with Crippen LogP contribution in [0.1, 0.15) is 11.3 Å². The lowest BCUT2D eigenvalue weighted by Crippen LogP contribution is -2.24. The minimum Gasteiger partial charge on any atom is -0.262 e. The first-order valence-corrected chi connectivity index (χ1v) is 8.10. The third-order valence-electron chi connectivity index (χ3n) is 1.68. The number of pyridine rings is 1. The summed E-state index contributed by atoms with van der Waals surface area (Å²) in [4.78, 5) is 4.36. The maximum absolute atomic E-state index is 4.36. The molecule has 0 unspecified atom stereocenters. The van der Waals surface area contributed by atoms with E-state index >= 15 is 0 Å². The number of hydrogen-bond acceptors (Lipinski definition) is 1. The minimum absolute atomic E-state index is 0.983. The van der Waals surface area contributed by atoms with Gasteiger partial charge in [0.1, 0.15) is 0 Å². The quantitative estimate of drug-likeness (QED) is 0.636. The van der Waals surface area contributed by atoms with Gasteiger partial charge >= 0.3 is 0 Å². The van der Waals surface area contributed by atoms with Gasteiger partial charge in [0, 0.05) is 11.9 Å². The number of hydrogen-bond donors (Lipinski definition) is 0. The van der Waals surface area contributed by atoms with Gasteiger partial charge in [0.15, 0.2) is 0 Å². The lowest BCUT2D eigenvalue weighted by molar-refractivity contribution is 1.12. The van der Waals surface area contributed by atoms with Crippen molar-refractivity contribution in [1.29, 1.82) is 0 Å². The van der Waals surface area contributed by atoms with Gasteiger partial charge in [-0.3, -0.25) is 4.98 Å². The predicted molar refractivity (Wildman–Crippen MR) is 56.0 cm³/mol. The minimum atomic E-state index is -0.983. The summed E-state index contributed by atoms with van der Waals surface area (Å²) in [7, 11) is -0.983. The largest absolute Gasteiger partial charge is 0.262 e. The number of rotatable bonds is 2. The molecule has 66 valence electrons. The molecule has 0 saturated heterocycles. The fourth-order valence-electron chi connectivity index (χ4n) is 1.24. The van der Waals surface area contributed by atoms with Crippen LogP contribution in [-0.2, 0) is 6.04 Å². The van der Waals surface area contributed by atoms with Crippen molar-refractivity contribution in [2.75, 3.05) is 0 Å². The Morgan fingerprint density at radius 3 is 2.50 bits per heavy atom. The van der Waals surface area contributed by atoms with Crippen LogP contribution >= 0.6 is 0 Å². The highest BCUT2D eigenvalue weighted by Gasteiger charge is 2.14. The standard InChI is InChI=1S/C10H17NSi/c1-9-5-6-11-10(7-9)8-12(2,3)4/h5-7H,8H2,1-4H3. The Hall–Kier alpha value is -0.633. The molecule has 0 saturated carbocycles. The molecule has 12 heavy (non-hydrogen) atoms. The van der Waals surface area contributed by atoms with Crippen molar-refractivity contribution >= 4 is 8.07 Å². The monoisotopic (exact) mass is 179 g/mol. The molecular weight excluding hydrogens is 162 g/mol. The van der Waals surface area contributed by atoms with Crippen LogP contribution in [-0.4, -0.2) is 13.1 Å². The number of aromatic nitrogens is 1. The molecule has 0 aromatic carbocycles. The molecule has 0 amide bonds. The Labute approximate surface area is 75.9 Å². The van der Waals surface area contributed by atoms with Crippen molar-refractivity contribution in [2.24, 2.45) is 0 Å². The van der Waals surface area contributed by atoms with E-state index in [0.29, 0.717) is 0 Å². The van der Waals surface area contributed by atoms with Crippen molar-refractivity contribution < 1.29 is 0 Å². The van der Waals surface area contributed by atoms with Crippen LogP contribution in [0.2, 0.25) is 19.6 Å². The molecule has 1 aromatic heterocycles. The highest BCUT2D eigenvalue weighted by atomic mass is 28.3. The van der Waals surface area contributed by atoms with Crippen molar-refractivity contribution in [3.8, 4) is 0 Å². The predicted octanol–water partition coefficient (Wildman–Crippen LogP) is 2.81. The molecule has 0 aliphatic carbocycles. The summed E-state index contributed by atoms with van der Waals surface area (Å²) < 4.78 is 0. The maximum atomic E-state index is 4.36. The maximum Gasteiger partial charge on any atom is 0.0506 e. The molecular formula is C10H17NSi. The van der Waals surface area contributed by atoms with Crippen LogP contribution < -0.4 is 0 Å². The molecule has 0 spiro atoms. The Morgan fingerprint density at radius 1 is 1.33 bits per heavy atom. The smallest absolute Gasteiger partial charge is 0.0506 e. The highest BCUT2D eigenvalue weighted by molar-refractivity contribution is 6.75. The molecule has 1 rings (SSSR count). The van der Waals surface area contributed by atoms with Crippen LogP contribution in [0.5, 0.6) is 0 Å². The van der Waals surface area contributed by atoms with Crippen LogP contribution in [0.3, 0.4) is 0 Å². The number of aryl methyl sites for hydroxylation is 1. The summed E-state index contributed by atoms with van der Waals surface area (Å²) in [6.45, 7) is 9.24. The SMILES string of the molecule is Cc1ccnc(C[Si](C)(C)C)c1. The second-order valence-electron chi connectivity index (χ2n) is 4.56. The van der Waals surface area contributed by atoms with Gasteiger partial charge in [0.2, 0.25) is 0 Å². The van der Waals surface area contributed by atoms with E-state index in [9.17, 15) is 0 Å². The first-order chi connectivity index (χ1) is 5.47. The molecule has 0 aliphatic rings. The van der Waals surface area contributed by atoms with Gasteiger partial charge in [-0.2, -0.15) is 0 Å². The fourth-order valence-corrected chi connectivity index (χ4v) is 2.52. The normalized spacial score (nSPS) is 11.7. The molecule has 1 nitrogen and oxygen atoms in total. The van der Waals surface area contributed by atoms with E-state index in [0.717, 1.165) is 0 Å². The zero-order valence-electron chi connectivity index (χ0n) is 8.39. The summed E-state index contributed by atoms with van der Waals surface area (Å²) >= 11 is 0. The zero-order chi connectivity index (χ0) is 9.19. The van der Waals surface area contributed by atoms with E-state index in [-0.39, 0.29) is 0 Å². The molecule has 0 radical (unpaired) electrons. The van der Waals surface area contributed by atoms with Crippen LogP contribution in [0.4, 0.5) is 0 Å². The van der Waals surface area contributed by atoms with Gasteiger partial charge in [-0.05, 0) is 30.7 Å². The molecule has 0 bridgehead atoms. The van der Waals surface area contributed by atoms with Gasteiger partial charge in [-0.15, -0.1) is 0 Å².